The van der Waals surface area contributed by atoms with Crippen LogP contribution in [-0.4, -0.2) is 99.6 Å². The highest BCUT2D eigenvalue weighted by molar-refractivity contribution is 7.98. The zero-order valence-electron chi connectivity index (χ0n) is 25.2. The van der Waals surface area contributed by atoms with Crippen LogP contribution in [0.25, 0.3) is 0 Å². The lowest BCUT2D eigenvalue weighted by molar-refractivity contribution is -0.364. The molecule has 5 aliphatic rings. The fourth-order valence-electron chi connectivity index (χ4n) is 6.98. The Labute approximate surface area is 263 Å². The number of thioether (sulfide) groups is 1. The molecule has 0 spiro atoms. The highest BCUT2D eigenvalue weighted by atomic mass is 32.2. The third kappa shape index (κ3) is 5.25. The maximum Gasteiger partial charge on any atom is 0.310 e. The lowest BCUT2D eigenvalue weighted by Gasteiger charge is -2.47. The van der Waals surface area contributed by atoms with Crippen molar-refractivity contribution in [3.8, 4) is 28.7 Å². The van der Waals surface area contributed by atoms with Crippen LogP contribution in [0.5, 0.6) is 28.7 Å². The van der Waals surface area contributed by atoms with Gasteiger partial charge in [0.1, 0.15) is 30.4 Å². The maximum atomic E-state index is 13.5. The monoisotopic (exact) mass is 648 g/mol. The molecule has 2 aromatic carbocycles. The lowest BCUT2D eigenvalue weighted by atomic mass is 9.66. The molecule has 0 bridgehead atoms. The zero-order chi connectivity index (χ0) is 31.4. The number of esters is 1. The predicted molar refractivity (Wildman–Crippen MR) is 156 cm³/mol. The highest BCUT2D eigenvalue weighted by Gasteiger charge is 2.56. The van der Waals surface area contributed by atoms with Crippen LogP contribution in [0.2, 0.25) is 0 Å². The molecule has 2 N–H and O–H groups in total. The van der Waals surface area contributed by atoms with Gasteiger partial charge in [0.25, 0.3) is 0 Å². The molecule has 45 heavy (non-hydrogen) atoms. The van der Waals surface area contributed by atoms with Crippen LogP contribution < -0.4 is 23.7 Å². The number of hydrogen-bond acceptors (Lipinski definition) is 14. The Morgan fingerprint density at radius 3 is 2.33 bits per heavy atom. The third-order valence-corrected chi connectivity index (χ3v) is 9.40. The first-order chi connectivity index (χ1) is 21.8. The van der Waals surface area contributed by atoms with Crippen LogP contribution in [0.1, 0.15) is 35.6 Å². The molecular weight excluding hydrogens is 612 g/mol. The molecule has 0 amide bonds. The van der Waals surface area contributed by atoms with E-state index in [1.807, 2.05) is 30.5 Å². The van der Waals surface area contributed by atoms with E-state index in [-0.39, 0.29) is 20.0 Å². The molecule has 7 rings (SSSR count). The Morgan fingerprint density at radius 1 is 0.933 bits per heavy atom. The van der Waals surface area contributed by atoms with Crippen molar-refractivity contribution in [1.82, 2.24) is 0 Å². The zero-order valence-corrected chi connectivity index (χ0v) is 26.0. The number of hydrogen-bond donors (Lipinski definition) is 2. The normalized spacial score (nSPS) is 34.8. The predicted octanol–water partition coefficient (Wildman–Crippen LogP) is 2.33. The van der Waals surface area contributed by atoms with E-state index >= 15 is 0 Å². The number of aliphatic hydroxyl groups excluding tert-OH is 2. The number of benzene rings is 2. The van der Waals surface area contributed by atoms with E-state index in [4.69, 9.17) is 47.4 Å². The summed E-state index contributed by atoms with van der Waals surface area (Å²) >= 11 is 1.51. The topological polar surface area (TPSA) is 150 Å². The second kappa shape index (κ2) is 12.3. The largest absolute Gasteiger partial charge is 0.493 e. The molecule has 2 aromatic rings. The van der Waals surface area contributed by atoms with Crippen LogP contribution in [0.4, 0.5) is 0 Å². The molecule has 0 radical (unpaired) electrons. The Hall–Kier alpha value is -2.98. The van der Waals surface area contributed by atoms with E-state index in [2.05, 4.69) is 0 Å². The van der Waals surface area contributed by atoms with Gasteiger partial charge in [0.2, 0.25) is 12.5 Å². The Morgan fingerprint density at radius 2 is 1.64 bits per heavy atom. The summed E-state index contributed by atoms with van der Waals surface area (Å²) in [7, 11) is 3.09. The number of fused-ring (bicyclic) bond motifs is 4. The third-order valence-electron chi connectivity index (χ3n) is 9.05. The van der Waals surface area contributed by atoms with Gasteiger partial charge in [-0.15, -0.1) is 11.8 Å². The number of methoxy groups -OCH3 is 2. The van der Waals surface area contributed by atoms with Gasteiger partial charge in [-0.1, -0.05) is 0 Å². The first-order valence-corrected chi connectivity index (χ1v) is 16.1. The second-order valence-electron chi connectivity index (χ2n) is 11.5. The quantitative estimate of drug-likeness (QED) is 0.318. The van der Waals surface area contributed by atoms with Crippen molar-refractivity contribution >= 4 is 17.7 Å². The maximum absolute atomic E-state index is 13.5. The van der Waals surface area contributed by atoms with E-state index in [0.717, 1.165) is 11.1 Å². The number of aliphatic hydroxyl groups is 2. The Bertz CT molecular complexity index is 1410. The highest BCUT2D eigenvalue weighted by Crippen LogP contribution is 2.57. The van der Waals surface area contributed by atoms with Gasteiger partial charge in [-0.05, 0) is 54.1 Å². The minimum atomic E-state index is -1.43. The molecule has 0 aromatic heterocycles. The van der Waals surface area contributed by atoms with Crippen molar-refractivity contribution in [3.63, 3.8) is 0 Å². The molecule has 1 unspecified atom stereocenters. The molecular formula is C31H36O13S. The molecule has 10 atom stereocenters. The summed E-state index contributed by atoms with van der Waals surface area (Å²) in [6, 6.07) is 7.37. The van der Waals surface area contributed by atoms with Gasteiger partial charge in [-0.25, -0.2) is 0 Å². The summed E-state index contributed by atoms with van der Waals surface area (Å²) in [4.78, 5) is 13.5. The van der Waals surface area contributed by atoms with E-state index in [1.54, 1.807) is 21.1 Å². The van der Waals surface area contributed by atoms with Crippen LogP contribution in [0.15, 0.2) is 24.3 Å². The van der Waals surface area contributed by atoms with Gasteiger partial charge < -0.3 is 57.6 Å². The van der Waals surface area contributed by atoms with Crippen molar-refractivity contribution in [2.24, 2.45) is 11.8 Å². The van der Waals surface area contributed by atoms with Crippen molar-refractivity contribution in [3.05, 3.63) is 41.0 Å². The standard InChI is InChI=1S/C31H36O13S/c1-13-37-10-22-29(42-13)25(32)26(33)31(43-22)44-27-16-8-19-18(39-11-40-19)7-15(16)23(24-17(27)9-38-30(24)34)14-5-20(35-2)28(41-12-45-4)21(6-14)36-3/h5-8,13,17,22-27,29,31-33H,9-12H2,1-4H3/t13?,17-,22+,23+,24-,25+,26+,27+,29+,31-/m0/s1. The van der Waals surface area contributed by atoms with Gasteiger partial charge in [-0.2, -0.15) is 0 Å². The van der Waals surface area contributed by atoms with Crippen LogP contribution >= 0.6 is 11.8 Å². The van der Waals surface area contributed by atoms with Crippen molar-refractivity contribution in [2.45, 2.75) is 55.9 Å². The molecule has 4 heterocycles. The molecule has 13 nitrogen and oxygen atoms in total. The first kappa shape index (κ1) is 30.7. The van der Waals surface area contributed by atoms with Gasteiger partial charge in [0.05, 0.1) is 39.5 Å². The molecule has 244 valence electrons. The number of ether oxygens (including phenoxy) is 10. The summed E-state index contributed by atoms with van der Waals surface area (Å²) in [5.41, 5.74) is 2.19. The van der Waals surface area contributed by atoms with Crippen LogP contribution in [0.3, 0.4) is 0 Å². The van der Waals surface area contributed by atoms with Crippen molar-refractivity contribution < 1.29 is 62.4 Å². The fourth-order valence-corrected chi connectivity index (χ4v) is 7.22. The molecule has 14 heteroatoms. The van der Waals surface area contributed by atoms with E-state index < -0.39 is 66.8 Å². The summed E-state index contributed by atoms with van der Waals surface area (Å²) < 4.78 is 58.4. The Balaban J connectivity index is 1.31. The lowest BCUT2D eigenvalue weighted by Crippen LogP contribution is -2.63. The van der Waals surface area contributed by atoms with Gasteiger partial charge in [0.15, 0.2) is 35.6 Å². The van der Waals surface area contributed by atoms with Gasteiger partial charge >= 0.3 is 5.97 Å². The van der Waals surface area contributed by atoms with E-state index in [0.29, 0.717) is 40.2 Å². The van der Waals surface area contributed by atoms with E-state index in [1.165, 1.54) is 11.8 Å². The van der Waals surface area contributed by atoms with Crippen LogP contribution in [-0.2, 0) is 28.5 Å². The number of carbonyl (C=O) groups is 1. The fraction of sp³-hybridized carbons (Fsp3) is 0.581. The minimum Gasteiger partial charge on any atom is -0.493 e. The summed E-state index contributed by atoms with van der Waals surface area (Å²) in [6.45, 7) is 1.99. The molecule has 0 saturated carbocycles. The molecule has 3 fully saturated rings. The second-order valence-corrected chi connectivity index (χ2v) is 12.3. The average Bonchev–Trinajstić information content (AvgIpc) is 3.67. The number of cyclic esters (lactones) is 1. The SMILES string of the molecule is COc1cc([C@@H]2c3cc4c(cc3[C@@H](O[C@@H]3O[C@@H]5COC(C)O[C@H]5[C@H](O)[C@H]3O)[C@H]3COC(=O)[C@H]23)OCO4)cc(OC)c1OCSC. The number of carbonyl (C=O) groups excluding carboxylic acids is 1. The first-order valence-electron chi connectivity index (χ1n) is 14.7. The molecule has 1 aliphatic carbocycles. The van der Waals surface area contributed by atoms with Gasteiger partial charge in [0, 0.05) is 11.8 Å². The Kier molecular flexibility index (Phi) is 8.40. The van der Waals surface area contributed by atoms with Crippen molar-refractivity contribution in [2.75, 3.05) is 46.4 Å². The molecule has 3 saturated heterocycles. The van der Waals surface area contributed by atoms with Crippen molar-refractivity contribution in [1.29, 1.82) is 0 Å². The average molecular weight is 649 g/mol. The summed E-state index contributed by atoms with van der Waals surface area (Å²) in [6.07, 6.45) is -4.80. The smallest absolute Gasteiger partial charge is 0.310 e. The van der Waals surface area contributed by atoms with Gasteiger partial charge in [-0.3, -0.25) is 4.79 Å². The number of rotatable bonds is 8. The summed E-state index contributed by atoms with van der Waals surface area (Å²) in [5, 5.41) is 22.1. The minimum absolute atomic E-state index is 0.0462. The summed E-state index contributed by atoms with van der Waals surface area (Å²) in [5.74, 6) is 0.730. The van der Waals surface area contributed by atoms with E-state index in [9.17, 15) is 15.0 Å². The van der Waals surface area contributed by atoms with Crippen LogP contribution in [0, 0.1) is 11.8 Å². The molecule has 4 aliphatic heterocycles.